The zero-order valence-electron chi connectivity index (χ0n) is 38.3. The number of carbonyl (C=O) groups is 7. The number of nitrogens with zero attached hydrogens (tertiary/aromatic N) is 9. The number of carbonyl (C=O) groups excluding carboxylic acids is 7. The highest BCUT2D eigenvalue weighted by Crippen LogP contribution is 2.41. The van der Waals surface area contributed by atoms with E-state index in [1.807, 2.05) is 4.90 Å². The first kappa shape index (κ1) is 46.3. The van der Waals surface area contributed by atoms with E-state index < -0.39 is 48.0 Å². The van der Waals surface area contributed by atoms with E-state index >= 15 is 8.78 Å². The van der Waals surface area contributed by atoms with Crippen molar-refractivity contribution in [1.82, 2.24) is 34.9 Å². The number of ether oxygens (including phenoxy) is 1. The molecule has 1 aromatic heterocycles. The van der Waals surface area contributed by atoms with Crippen LogP contribution < -0.4 is 30.1 Å². The van der Waals surface area contributed by atoms with Gasteiger partial charge >= 0.3 is 5.92 Å². The van der Waals surface area contributed by atoms with Crippen LogP contribution >= 0.6 is 0 Å². The summed E-state index contributed by atoms with van der Waals surface area (Å²) in [5.74, 6) is -6.56. The van der Waals surface area contributed by atoms with Crippen molar-refractivity contribution in [1.29, 1.82) is 0 Å². The highest BCUT2D eigenvalue weighted by Gasteiger charge is 2.49. The average Bonchev–Trinajstić information content (AvgIpc) is 3.96. The molecule has 19 nitrogen and oxygen atoms in total. The Morgan fingerprint density at radius 2 is 1.66 bits per heavy atom. The Labute approximate surface area is 391 Å². The van der Waals surface area contributed by atoms with Crippen molar-refractivity contribution >= 4 is 70.2 Å². The average molecular weight is 940 g/mol. The molecule has 6 heterocycles. The van der Waals surface area contributed by atoms with Crippen molar-refractivity contribution in [3.63, 3.8) is 0 Å². The van der Waals surface area contributed by atoms with Crippen LogP contribution in [-0.4, -0.2) is 169 Å². The molecule has 1 saturated carbocycles. The van der Waals surface area contributed by atoms with Crippen LogP contribution in [0.1, 0.15) is 88.9 Å². The summed E-state index contributed by atoms with van der Waals surface area (Å²) in [6, 6.07) is 8.73. The summed E-state index contributed by atoms with van der Waals surface area (Å²) in [6.45, 7) is 3.19. The van der Waals surface area contributed by atoms with Gasteiger partial charge in [0.25, 0.3) is 23.6 Å². The Kier molecular flexibility index (Phi) is 12.8. The highest BCUT2D eigenvalue weighted by molar-refractivity contribution is 6.25. The van der Waals surface area contributed by atoms with Gasteiger partial charge in [-0.3, -0.25) is 48.7 Å². The number of imide groups is 2. The number of hydrogen-bond acceptors (Lipinski definition) is 14. The second-order valence-electron chi connectivity index (χ2n) is 18.3. The Hall–Kier alpha value is -6.77. The van der Waals surface area contributed by atoms with Gasteiger partial charge in [0.05, 0.1) is 42.4 Å². The molecule has 360 valence electrons. The number of aromatic nitrogens is 2. The lowest BCUT2D eigenvalue weighted by Gasteiger charge is -2.38. The molecule has 9 rings (SSSR count). The number of anilines is 5. The lowest BCUT2D eigenvalue weighted by Crippen LogP contribution is -2.54. The molecular weight excluding hydrogens is 885 g/mol. The third-order valence-electron chi connectivity index (χ3n) is 14.3. The molecule has 3 saturated heterocycles. The summed E-state index contributed by atoms with van der Waals surface area (Å²) >= 11 is 0. The van der Waals surface area contributed by atoms with Crippen LogP contribution in [0.15, 0.2) is 42.6 Å². The predicted molar refractivity (Wildman–Crippen MR) is 244 cm³/mol. The van der Waals surface area contributed by atoms with Gasteiger partial charge in [-0.05, 0) is 62.4 Å². The number of piperidine rings is 2. The Morgan fingerprint density at radius 3 is 2.37 bits per heavy atom. The summed E-state index contributed by atoms with van der Waals surface area (Å²) in [7, 11) is 4.52. The van der Waals surface area contributed by atoms with Crippen LogP contribution in [0.25, 0.3) is 0 Å². The van der Waals surface area contributed by atoms with Crippen LogP contribution in [0.4, 0.5) is 37.6 Å². The molecule has 6 aliphatic rings. The third kappa shape index (κ3) is 8.78. The van der Waals surface area contributed by atoms with Gasteiger partial charge in [0.1, 0.15) is 17.5 Å². The third-order valence-corrected chi connectivity index (χ3v) is 14.3. The zero-order chi connectivity index (χ0) is 48.0. The first-order valence-electron chi connectivity index (χ1n) is 23.2. The molecule has 3 aromatic rings. The molecule has 1 aliphatic carbocycles. The maximum atomic E-state index is 15.1. The molecule has 68 heavy (non-hydrogen) atoms. The lowest BCUT2D eigenvalue weighted by molar-refractivity contribution is -0.140. The molecule has 7 amide bonds. The lowest BCUT2D eigenvalue weighted by atomic mass is 10.0. The van der Waals surface area contributed by atoms with E-state index in [9.17, 15) is 33.6 Å². The number of benzene rings is 2. The van der Waals surface area contributed by atoms with E-state index in [2.05, 4.69) is 30.4 Å². The highest BCUT2D eigenvalue weighted by atomic mass is 19.3. The summed E-state index contributed by atoms with van der Waals surface area (Å²) < 4.78 is 35.8. The molecule has 1 atom stereocenters. The fourth-order valence-corrected chi connectivity index (χ4v) is 10.4. The maximum absolute atomic E-state index is 15.1. The molecule has 2 N–H and O–H groups in total. The van der Waals surface area contributed by atoms with Crippen molar-refractivity contribution < 1.29 is 47.1 Å². The molecule has 4 fully saturated rings. The number of fused-ring (bicyclic) bond motifs is 2. The fourth-order valence-electron chi connectivity index (χ4n) is 10.4. The smallest absolute Gasteiger partial charge is 0.342 e. The van der Waals surface area contributed by atoms with E-state index in [4.69, 9.17) is 4.74 Å². The number of hydrogen-bond donors (Lipinski definition) is 2. The number of rotatable bonds is 11. The van der Waals surface area contributed by atoms with Crippen molar-refractivity contribution in [2.45, 2.75) is 81.8 Å². The molecule has 0 bridgehead atoms. The number of amides is 7. The van der Waals surface area contributed by atoms with Gasteiger partial charge in [-0.2, -0.15) is 13.8 Å². The summed E-state index contributed by atoms with van der Waals surface area (Å²) in [5, 5.41) is 5.35. The quantitative estimate of drug-likeness (QED) is 0.266. The zero-order valence-corrected chi connectivity index (χ0v) is 38.3. The molecule has 0 spiro atoms. The normalized spacial score (nSPS) is 21.5. The molecule has 1 unspecified atom stereocenters. The number of methoxy groups -OCH3 is 1. The SMILES string of the molecule is COc1cc(C(=O)N(C)C2CCN(C(=O)CCN3CCN(c4cccc5c4C(=O)N(C4CCC(=O)NC4=O)C5=O)CC3)CC2)ccc1Nc1ncc2c(n1)N(C1CCCC1)CC(F)(F)C(=O)N2C. The number of alkyl halides is 2. The van der Waals surface area contributed by atoms with E-state index in [1.165, 1.54) is 25.3 Å². The topological polar surface area (TPSA) is 201 Å². The van der Waals surface area contributed by atoms with Crippen molar-refractivity contribution in [3.8, 4) is 5.75 Å². The molecule has 5 aliphatic heterocycles. The summed E-state index contributed by atoms with van der Waals surface area (Å²) in [5.41, 5.74) is 2.16. The Morgan fingerprint density at radius 1 is 0.926 bits per heavy atom. The van der Waals surface area contributed by atoms with Gasteiger partial charge in [0, 0.05) is 90.4 Å². The molecule has 2 aromatic carbocycles. The van der Waals surface area contributed by atoms with Crippen LogP contribution in [-0.2, 0) is 19.2 Å². The van der Waals surface area contributed by atoms with Crippen LogP contribution in [0.5, 0.6) is 5.75 Å². The number of nitrogens with one attached hydrogen (secondary N) is 2. The minimum absolute atomic E-state index is 0.0365. The number of piperazine rings is 1. The molecule has 21 heteroatoms. The van der Waals surface area contributed by atoms with E-state index in [0.29, 0.717) is 101 Å². The van der Waals surface area contributed by atoms with Crippen LogP contribution in [0, 0.1) is 0 Å². The number of halogens is 2. The Bertz CT molecular complexity index is 2540. The maximum Gasteiger partial charge on any atom is 0.342 e. The molecular formula is C47H55F2N11O8. The van der Waals surface area contributed by atoms with Gasteiger partial charge in [-0.15, -0.1) is 0 Å². The first-order chi connectivity index (χ1) is 32.6. The monoisotopic (exact) mass is 939 g/mol. The number of likely N-dealkylation sites (tertiary alicyclic amines) is 1. The van der Waals surface area contributed by atoms with Gasteiger partial charge < -0.3 is 34.6 Å². The van der Waals surface area contributed by atoms with Gasteiger partial charge in [-0.25, -0.2) is 4.98 Å². The second-order valence-corrected chi connectivity index (χ2v) is 18.3. The Balaban J connectivity index is 0.758. The van der Waals surface area contributed by atoms with Gasteiger partial charge in [0.15, 0.2) is 5.82 Å². The minimum atomic E-state index is -3.60. The van der Waals surface area contributed by atoms with Gasteiger partial charge in [-0.1, -0.05) is 18.9 Å². The van der Waals surface area contributed by atoms with E-state index in [1.54, 1.807) is 48.3 Å². The molecule has 0 radical (unpaired) electrons. The predicted octanol–water partition coefficient (Wildman–Crippen LogP) is 3.27. The fraction of sp³-hybridized carbons (Fsp3) is 0.511. The van der Waals surface area contributed by atoms with Crippen molar-refractivity contribution in [3.05, 3.63) is 59.3 Å². The van der Waals surface area contributed by atoms with E-state index in [-0.39, 0.29) is 65.3 Å². The summed E-state index contributed by atoms with van der Waals surface area (Å²) in [6.07, 6.45) is 6.26. The first-order valence-corrected chi connectivity index (χ1v) is 23.2. The van der Waals surface area contributed by atoms with E-state index in [0.717, 1.165) is 22.6 Å². The van der Waals surface area contributed by atoms with Crippen molar-refractivity contribution in [2.24, 2.45) is 0 Å². The van der Waals surface area contributed by atoms with Gasteiger partial charge in [0.2, 0.25) is 23.7 Å². The standard InChI is InChI=1S/C47H55F2N11O8/c1-54(42(64)28-11-12-32(36(25-28)68-3)51-46-50-26-35-40(53-46)59(30-7-4-5-8-30)27-47(48,49)45(67)55(35)2)29-15-19-58(20-16-29)38(62)17-18-56-21-23-57(24-22-56)33-10-6-9-31-39(33)44(66)60(43(31)65)34-13-14-37(61)52-41(34)63/h6,9-12,25-26,29-30,34H,4-5,7-8,13-24,27H2,1-3H3,(H,50,51,53)(H,52,61,63). The second kappa shape index (κ2) is 18.7. The van der Waals surface area contributed by atoms with Crippen LogP contribution in [0.3, 0.4) is 0 Å². The largest absolute Gasteiger partial charge is 0.495 e. The van der Waals surface area contributed by atoms with Crippen LogP contribution in [0.2, 0.25) is 0 Å². The van der Waals surface area contributed by atoms with Crippen molar-refractivity contribution in [2.75, 3.05) is 93.6 Å². The minimum Gasteiger partial charge on any atom is -0.495 e. The summed E-state index contributed by atoms with van der Waals surface area (Å²) in [4.78, 5) is 111.